The van der Waals surface area contributed by atoms with Crippen LogP contribution in [0.15, 0.2) is 75.0 Å². The van der Waals surface area contributed by atoms with E-state index in [0.29, 0.717) is 39.4 Å². The Balaban J connectivity index is 1.78. The van der Waals surface area contributed by atoms with Gasteiger partial charge in [0.1, 0.15) is 12.4 Å². The molecule has 3 aromatic carbocycles. The van der Waals surface area contributed by atoms with E-state index >= 15 is 0 Å². The van der Waals surface area contributed by atoms with E-state index in [-0.39, 0.29) is 18.1 Å². The van der Waals surface area contributed by atoms with Crippen LogP contribution in [0.3, 0.4) is 0 Å². The highest BCUT2D eigenvalue weighted by molar-refractivity contribution is 9.10. The number of nitriles is 1. The average molecular weight is 545 g/mol. The van der Waals surface area contributed by atoms with E-state index in [1.54, 1.807) is 31.5 Å². The van der Waals surface area contributed by atoms with Gasteiger partial charge in [0, 0.05) is 21.5 Å². The maximum Gasteiger partial charge on any atom is 0.282 e. The molecule has 1 atom stereocenters. The van der Waals surface area contributed by atoms with E-state index in [9.17, 15) is 10.1 Å². The third kappa shape index (κ3) is 5.16. The number of halogens is 1. The molecule has 0 saturated carbocycles. The fourth-order valence-electron chi connectivity index (χ4n) is 3.75. The molecule has 0 aliphatic rings. The summed E-state index contributed by atoms with van der Waals surface area (Å²) in [5.41, 5.74) is 2.31. The standard InChI is InChI=1S/C28H25BrN4O3/c1-4-18(2)27-32-24-13-12-22(29)14-23(24)28(34)33(27)31-16-20-10-7-11-25(35-3)26(20)36-17-21-9-6-5-8-19(21)15-30/h5-14,16,18H,4,17H2,1-3H3/t18-/m1/s1. The predicted molar refractivity (Wildman–Crippen MR) is 144 cm³/mol. The summed E-state index contributed by atoms with van der Waals surface area (Å²) >= 11 is 3.44. The van der Waals surface area contributed by atoms with Gasteiger partial charge in [0.15, 0.2) is 11.5 Å². The van der Waals surface area contributed by atoms with Crippen molar-refractivity contribution in [2.75, 3.05) is 7.11 Å². The molecule has 182 valence electrons. The molecule has 7 nitrogen and oxygen atoms in total. The first-order chi connectivity index (χ1) is 17.5. The lowest BCUT2D eigenvalue weighted by Crippen LogP contribution is -2.23. The molecule has 36 heavy (non-hydrogen) atoms. The minimum atomic E-state index is -0.249. The van der Waals surface area contributed by atoms with Crippen molar-refractivity contribution in [3.63, 3.8) is 0 Å². The van der Waals surface area contributed by atoms with E-state index < -0.39 is 0 Å². The van der Waals surface area contributed by atoms with Crippen molar-refractivity contribution < 1.29 is 9.47 Å². The number of para-hydroxylation sites is 1. The molecule has 0 radical (unpaired) electrons. The lowest BCUT2D eigenvalue weighted by molar-refractivity contribution is 0.284. The molecular formula is C28H25BrN4O3. The van der Waals surface area contributed by atoms with Gasteiger partial charge < -0.3 is 9.47 Å². The molecule has 0 spiro atoms. The molecule has 1 heterocycles. The molecule has 0 aliphatic heterocycles. The Hall–Kier alpha value is -3.96. The number of benzene rings is 3. The summed E-state index contributed by atoms with van der Waals surface area (Å²) in [6.07, 6.45) is 2.38. The highest BCUT2D eigenvalue weighted by atomic mass is 79.9. The summed E-state index contributed by atoms with van der Waals surface area (Å²) in [6, 6.07) is 20.3. The Morgan fingerprint density at radius 3 is 2.75 bits per heavy atom. The van der Waals surface area contributed by atoms with Gasteiger partial charge in [0.2, 0.25) is 0 Å². The van der Waals surface area contributed by atoms with Gasteiger partial charge in [-0.2, -0.15) is 15.0 Å². The van der Waals surface area contributed by atoms with E-state index in [0.717, 1.165) is 16.5 Å². The number of aromatic nitrogens is 2. The zero-order chi connectivity index (χ0) is 25.7. The lowest BCUT2D eigenvalue weighted by atomic mass is 10.1. The molecular weight excluding hydrogens is 520 g/mol. The van der Waals surface area contributed by atoms with Gasteiger partial charge in [0.05, 0.1) is 35.9 Å². The van der Waals surface area contributed by atoms with Crippen LogP contribution in [0.5, 0.6) is 11.5 Å². The molecule has 0 aliphatic carbocycles. The molecule has 4 rings (SSSR count). The molecule has 8 heteroatoms. The highest BCUT2D eigenvalue weighted by Gasteiger charge is 2.16. The normalized spacial score (nSPS) is 12.0. The second kappa shape index (κ2) is 11.2. The van der Waals surface area contributed by atoms with Crippen molar-refractivity contribution in [2.45, 2.75) is 32.8 Å². The molecule has 4 aromatic rings. The maximum absolute atomic E-state index is 13.4. The molecule has 0 unspecified atom stereocenters. The number of nitrogens with zero attached hydrogens (tertiary/aromatic N) is 4. The average Bonchev–Trinajstić information content (AvgIpc) is 2.91. The molecule has 0 N–H and O–H groups in total. The summed E-state index contributed by atoms with van der Waals surface area (Å²) < 4.78 is 13.8. The van der Waals surface area contributed by atoms with Crippen LogP contribution in [-0.4, -0.2) is 23.0 Å². The topological polar surface area (TPSA) is 89.5 Å². The number of methoxy groups -OCH3 is 1. The van der Waals surface area contributed by atoms with Crippen molar-refractivity contribution in [3.8, 4) is 17.6 Å². The second-order valence-corrected chi connectivity index (χ2v) is 9.15. The first-order valence-corrected chi connectivity index (χ1v) is 12.3. The van der Waals surface area contributed by atoms with Gasteiger partial charge in [-0.25, -0.2) is 4.98 Å². The molecule has 1 aromatic heterocycles. The van der Waals surface area contributed by atoms with Crippen molar-refractivity contribution in [2.24, 2.45) is 5.10 Å². The third-order valence-corrected chi connectivity index (χ3v) is 6.43. The summed E-state index contributed by atoms with van der Waals surface area (Å²) in [7, 11) is 1.56. The molecule has 0 amide bonds. The van der Waals surface area contributed by atoms with Crippen molar-refractivity contribution >= 4 is 33.0 Å². The fraction of sp³-hybridized carbons (Fsp3) is 0.214. The van der Waals surface area contributed by atoms with Gasteiger partial charge in [-0.3, -0.25) is 4.79 Å². The maximum atomic E-state index is 13.4. The Labute approximate surface area is 217 Å². The van der Waals surface area contributed by atoms with Crippen LogP contribution >= 0.6 is 15.9 Å². The van der Waals surface area contributed by atoms with E-state index in [4.69, 9.17) is 14.5 Å². The van der Waals surface area contributed by atoms with Crippen LogP contribution in [0.2, 0.25) is 0 Å². The van der Waals surface area contributed by atoms with Gasteiger partial charge in [-0.05, 0) is 42.8 Å². The lowest BCUT2D eigenvalue weighted by Gasteiger charge is -2.15. The van der Waals surface area contributed by atoms with Crippen molar-refractivity contribution in [1.82, 2.24) is 9.66 Å². The van der Waals surface area contributed by atoms with E-state index in [1.165, 1.54) is 4.68 Å². The monoisotopic (exact) mass is 544 g/mol. The number of hydrogen-bond acceptors (Lipinski definition) is 6. The zero-order valence-electron chi connectivity index (χ0n) is 20.2. The molecule has 0 saturated heterocycles. The van der Waals surface area contributed by atoms with Crippen LogP contribution in [0.25, 0.3) is 10.9 Å². The van der Waals surface area contributed by atoms with Crippen LogP contribution in [0.1, 0.15) is 48.7 Å². The van der Waals surface area contributed by atoms with Crippen molar-refractivity contribution in [1.29, 1.82) is 5.26 Å². The largest absolute Gasteiger partial charge is 0.493 e. The Morgan fingerprint density at radius 2 is 2.00 bits per heavy atom. The Bertz CT molecular complexity index is 1540. The summed E-state index contributed by atoms with van der Waals surface area (Å²) in [5, 5.41) is 14.4. The van der Waals surface area contributed by atoms with Crippen LogP contribution in [-0.2, 0) is 6.61 Å². The molecule has 0 fully saturated rings. The molecule has 0 bridgehead atoms. The smallest absolute Gasteiger partial charge is 0.282 e. The van der Waals surface area contributed by atoms with Gasteiger partial charge in [-0.15, -0.1) is 0 Å². The summed E-state index contributed by atoms with van der Waals surface area (Å²) in [6.45, 7) is 4.24. The Morgan fingerprint density at radius 1 is 1.19 bits per heavy atom. The zero-order valence-corrected chi connectivity index (χ0v) is 21.8. The highest BCUT2D eigenvalue weighted by Crippen LogP contribution is 2.31. The minimum Gasteiger partial charge on any atom is -0.493 e. The van der Waals surface area contributed by atoms with Crippen LogP contribution in [0.4, 0.5) is 0 Å². The Kier molecular flexibility index (Phi) is 7.81. The van der Waals surface area contributed by atoms with E-state index in [1.807, 2.05) is 56.3 Å². The number of ether oxygens (including phenoxy) is 2. The quantitative estimate of drug-likeness (QED) is 0.253. The van der Waals surface area contributed by atoms with Crippen LogP contribution < -0.4 is 15.0 Å². The SMILES string of the molecule is CC[C@@H](C)c1nc2ccc(Br)cc2c(=O)n1N=Cc1cccc(OC)c1OCc1ccccc1C#N. The number of rotatable bonds is 8. The van der Waals surface area contributed by atoms with Gasteiger partial charge >= 0.3 is 0 Å². The second-order valence-electron chi connectivity index (χ2n) is 8.24. The van der Waals surface area contributed by atoms with Gasteiger partial charge in [0.25, 0.3) is 5.56 Å². The third-order valence-electron chi connectivity index (χ3n) is 5.94. The number of hydrogen-bond donors (Lipinski definition) is 0. The first kappa shape index (κ1) is 25.1. The summed E-state index contributed by atoms with van der Waals surface area (Å²) in [4.78, 5) is 18.2. The van der Waals surface area contributed by atoms with Gasteiger partial charge in [-0.1, -0.05) is 54.0 Å². The number of fused-ring (bicyclic) bond motifs is 1. The van der Waals surface area contributed by atoms with E-state index in [2.05, 4.69) is 27.1 Å². The summed E-state index contributed by atoms with van der Waals surface area (Å²) in [5.74, 6) is 1.59. The van der Waals surface area contributed by atoms with Crippen LogP contribution in [0, 0.1) is 11.3 Å². The predicted octanol–water partition coefficient (Wildman–Crippen LogP) is 6.01. The first-order valence-electron chi connectivity index (χ1n) is 11.5. The minimum absolute atomic E-state index is 0.0198. The van der Waals surface area contributed by atoms with Crippen molar-refractivity contribution in [3.05, 3.63) is 98.0 Å². The fourth-order valence-corrected chi connectivity index (χ4v) is 4.11.